The molecule has 0 atom stereocenters. The molecule has 0 aliphatic rings. The highest BCUT2D eigenvalue weighted by Gasteiger charge is 2.33. The molecule has 0 N–H and O–H groups in total. The summed E-state index contributed by atoms with van der Waals surface area (Å²) in [5.74, 6) is 0.199. The smallest absolute Gasteiger partial charge is 0.235 e. The third-order valence-electron chi connectivity index (χ3n) is 3.60. The van der Waals surface area contributed by atoms with Crippen molar-refractivity contribution in [1.29, 1.82) is 0 Å². The van der Waals surface area contributed by atoms with Gasteiger partial charge in [-0.2, -0.15) is 18.3 Å². The minimum Gasteiger partial charge on any atom is -0.235 e. The van der Waals surface area contributed by atoms with Crippen LogP contribution < -0.4 is 0 Å². The molecule has 2 rings (SSSR count). The Balaban J connectivity index is 2.66. The lowest BCUT2D eigenvalue weighted by Gasteiger charge is -2.20. The number of rotatable bonds is 1. The van der Waals surface area contributed by atoms with E-state index in [1.54, 1.807) is 4.68 Å². The number of halogens is 4. The topological polar surface area (TPSA) is 30.7 Å². The number of pyridine rings is 1. The predicted octanol–water partition coefficient (Wildman–Crippen LogP) is 5.53. The minimum absolute atomic E-state index is 0.0844. The van der Waals surface area contributed by atoms with Crippen molar-refractivity contribution in [3.8, 4) is 5.82 Å². The Morgan fingerprint density at radius 3 is 1.96 bits per heavy atom. The average Bonchev–Trinajstić information content (AvgIpc) is 2.82. The van der Waals surface area contributed by atoms with Crippen molar-refractivity contribution in [2.45, 2.75) is 58.5 Å². The maximum absolute atomic E-state index is 12.8. The number of nitrogens with zero attached hydrogens (tertiary/aromatic N) is 3. The monoisotopic (exact) mass is 359 g/mol. The molecule has 0 aliphatic heterocycles. The van der Waals surface area contributed by atoms with Gasteiger partial charge in [-0.25, -0.2) is 9.67 Å². The summed E-state index contributed by atoms with van der Waals surface area (Å²) < 4.78 is 40.0. The molecule has 0 bridgehead atoms. The summed E-state index contributed by atoms with van der Waals surface area (Å²) in [6.45, 7) is 12.1. The number of alkyl halides is 3. The van der Waals surface area contributed by atoms with Gasteiger partial charge in [0, 0.05) is 17.0 Å². The van der Waals surface area contributed by atoms with E-state index in [1.165, 1.54) is 0 Å². The van der Waals surface area contributed by atoms with Crippen LogP contribution in [0, 0.1) is 0 Å². The standard InChI is InChI=1S/C17H21ClF3N3/c1-15(2,3)12-8-13(16(4,5)6)24(23-12)14-11(18)7-10(9-22-14)17(19,20)21/h7-9H,1-6H3. The molecule has 0 saturated heterocycles. The lowest BCUT2D eigenvalue weighted by Crippen LogP contribution is -2.19. The summed E-state index contributed by atoms with van der Waals surface area (Å²) >= 11 is 6.09. The molecule has 7 heteroatoms. The van der Waals surface area contributed by atoms with Crippen LogP contribution in [0.15, 0.2) is 18.3 Å². The van der Waals surface area contributed by atoms with Crippen molar-refractivity contribution < 1.29 is 13.2 Å². The van der Waals surface area contributed by atoms with E-state index < -0.39 is 11.7 Å². The Hall–Kier alpha value is -1.56. The van der Waals surface area contributed by atoms with E-state index in [1.807, 2.05) is 47.6 Å². The van der Waals surface area contributed by atoms with Crippen molar-refractivity contribution in [3.05, 3.63) is 40.3 Å². The zero-order valence-electron chi connectivity index (χ0n) is 14.6. The summed E-state index contributed by atoms with van der Waals surface area (Å²) in [7, 11) is 0. The number of aromatic nitrogens is 3. The van der Waals surface area contributed by atoms with Gasteiger partial charge in [-0.3, -0.25) is 0 Å². The molecule has 0 fully saturated rings. The molecule has 0 aromatic carbocycles. The van der Waals surface area contributed by atoms with Gasteiger partial charge < -0.3 is 0 Å². The maximum Gasteiger partial charge on any atom is 0.417 e. The molecule has 2 aromatic rings. The molecule has 2 aromatic heterocycles. The van der Waals surface area contributed by atoms with Gasteiger partial charge in [-0.1, -0.05) is 53.1 Å². The van der Waals surface area contributed by atoms with E-state index in [0.29, 0.717) is 0 Å². The first-order chi connectivity index (χ1) is 10.7. The molecule has 0 radical (unpaired) electrons. The summed E-state index contributed by atoms with van der Waals surface area (Å²) in [5.41, 5.74) is 0.303. The van der Waals surface area contributed by atoms with Crippen LogP contribution >= 0.6 is 11.6 Å². The zero-order chi connectivity index (χ0) is 18.5. The van der Waals surface area contributed by atoms with Crippen LogP contribution in [0.1, 0.15) is 58.5 Å². The van der Waals surface area contributed by atoms with E-state index in [0.717, 1.165) is 23.7 Å². The Morgan fingerprint density at radius 1 is 0.958 bits per heavy atom. The van der Waals surface area contributed by atoms with E-state index in [2.05, 4.69) is 10.1 Å². The fourth-order valence-electron chi connectivity index (χ4n) is 2.18. The Labute approximate surface area is 144 Å². The maximum atomic E-state index is 12.8. The number of hydrogen-bond donors (Lipinski definition) is 0. The highest BCUT2D eigenvalue weighted by Crippen LogP contribution is 2.34. The quantitative estimate of drug-likeness (QED) is 0.669. The number of hydrogen-bond acceptors (Lipinski definition) is 2. The molecule has 0 amide bonds. The second-order valence-corrected chi connectivity index (χ2v) is 8.26. The first kappa shape index (κ1) is 18.8. The largest absolute Gasteiger partial charge is 0.417 e. The van der Waals surface area contributed by atoms with Gasteiger partial charge in [0.15, 0.2) is 5.82 Å². The second-order valence-electron chi connectivity index (χ2n) is 7.85. The van der Waals surface area contributed by atoms with Gasteiger partial charge in [0.1, 0.15) is 0 Å². The van der Waals surface area contributed by atoms with Crippen molar-refractivity contribution in [2.24, 2.45) is 0 Å². The molecule has 0 aliphatic carbocycles. The van der Waals surface area contributed by atoms with Gasteiger partial charge in [0.25, 0.3) is 0 Å². The summed E-state index contributed by atoms with van der Waals surface area (Å²) in [5, 5.41) is 4.47. The van der Waals surface area contributed by atoms with Gasteiger partial charge in [-0.15, -0.1) is 0 Å². The molecule has 0 saturated carbocycles. The average molecular weight is 360 g/mol. The summed E-state index contributed by atoms with van der Waals surface area (Å²) in [6, 6.07) is 2.84. The van der Waals surface area contributed by atoms with E-state index in [-0.39, 0.29) is 21.7 Å². The third-order valence-corrected chi connectivity index (χ3v) is 3.87. The van der Waals surface area contributed by atoms with Crippen LogP contribution in [0.2, 0.25) is 5.02 Å². The minimum atomic E-state index is -4.48. The molecular weight excluding hydrogens is 339 g/mol. The van der Waals surface area contributed by atoms with Crippen LogP contribution in [0.4, 0.5) is 13.2 Å². The van der Waals surface area contributed by atoms with Crippen LogP contribution in [0.3, 0.4) is 0 Å². The van der Waals surface area contributed by atoms with Crippen LogP contribution in [0.5, 0.6) is 0 Å². The lowest BCUT2D eigenvalue weighted by atomic mass is 9.88. The lowest BCUT2D eigenvalue weighted by molar-refractivity contribution is -0.137. The van der Waals surface area contributed by atoms with Crippen LogP contribution in [-0.4, -0.2) is 14.8 Å². The molecule has 3 nitrogen and oxygen atoms in total. The Kier molecular flexibility index (Phi) is 4.50. The predicted molar refractivity (Wildman–Crippen MR) is 88.8 cm³/mol. The van der Waals surface area contributed by atoms with Crippen molar-refractivity contribution >= 4 is 11.6 Å². The van der Waals surface area contributed by atoms with Gasteiger partial charge >= 0.3 is 6.18 Å². The summed E-state index contributed by atoms with van der Waals surface area (Å²) in [6.07, 6.45) is -3.70. The van der Waals surface area contributed by atoms with Crippen LogP contribution in [0.25, 0.3) is 5.82 Å². The molecule has 132 valence electrons. The first-order valence-electron chi connectivity index (χ1n) is 7.55. The van der Waals surface area contributed by atoms with Crippen molar-refractivity contribution in [3.63, 3.8) is 0 Å². The molecular formula is C17H21ClF3N3. The molecule has 0 spiro atoms. The molecule has 2 heterocycles. The first-order valence-corrected chi connectivity index (χ1v) is 7.93. The van der Waals surface area contributed by atoms with Gasteiger partial charge in [0.05, 0.1) is 22.0 Å². The van der Waals surface area contributed by atoms with E-state index in [9.17, 15) is 13.2 Å². The SMILES string of the molecule is CC(C)(C)c1cc(C(C)(C)C)n(-c2ncc(C(F)(F)F)cc2Cl)n1. The molecule has 24 heavy (non-hydrogen) atoms. The van der Waals surface area contributed by atoms with Crippen molar-refractivity contribution in [2.75, 3.05) is 0 Å². The normalized spacial score (nSPS) is 13.4. The fourth-order valence-corrected chi connectivity index (χ4v) is 2.43. The third kappa shape index (κ3) is 3.74. The Morgan fingerprint density at radius 2 is 1.54 bits per heavy atom. The Bertz CT molecular complexity index is 750. The van der Waals surface area contributed by atoms with Crippen LogP contribution in [-0.2, 0) is 17.0 Å². The highest BCUT2D eigenvalue weighted by atomic mass is 35.5. The van der Waals surface area contributed by atoms with E-state index in [4.69, 9.17) is 11.6 Å². The highest BCUT2D eigenvalue weighted by molar-refractivity contribution is 6.32. The zero-order valence-corrected chi connectivity index (χ0v) is 15.3. The fraction of sp³-hybridized carbons (Fsp3) is 0.529. The second kappa shape index (κ2) is 5.76. The van der Waals surface area contributed by atoms with Gasteiger partial charge in [0.2, 0.25) is 0 Å². The van der Waals surface area contributed by atoms with Gasteiger partial charge in [-0.05, 0) is 12.1 Å². The van der Waals surface area contributed by atoms with Crippen molar-refractivity contribution in [1.82, 2.24) is 14.8 Å². The van der Waals surface area contributed by atoms with E-state index >= 15 is 0 Å². The summed E-state index contributed by atoms with van der Waals surface area (Å²) in [4.78, 5) is 3.93. The molecule has 0 unspecified atom stereocenters.